The number of rotatable bonds is 14. The highest BCUT2D eigenvalue weighted by molar-refractivity contribution is 6.12. The summed E-state index contributed by atoms with van der Waals surface area (Å²) in [5, 5.41) is 24.5. The Labute approximate surface area is 631 Å². The van der Waals surface area contributed by atoms with Crippen molar-refractivity contribution in [2.24, 2.45) is 0 Å². The lowest BCUT2D eigenvalue weighted by Gasteiger charge is -2.18. The van der Waals surface area contributed by atoms with Gasteiger partial charge in [-0.3, -0.25) is 0 Å². The van der Waals surface area contributed by atoms with Gasteiger partial charge in [0.2, 0.25) is 0 Å². The van der Waals surface area contributed by atoms with E-state index in [1.165, 1.54) is 0 Å². The van der Waals surface area contributed by atoms with Crippen LogP contribution in [0.2, 0.25) is 0 Å². The highest BCUT2D eigenvalue weighted by Crippen LogP contribution is 2.44. The van der Waals surface area contributed by atoms with Gasteiger partial charge in [0.1, 0.15) is 0 Å². The lowest BCUT2D eigenvalue weighted by molar-refractivity contribution is 1.06. The minimum absolute atomic E-state index is 0.373. The molecule has 0 aliphatic carbocycles. The SMILES string of the molecule is [C-]#[N+]c1cccc(-c2cccc(-c3nc(-c4ccc(-c5cccc(C#N)c5)cc4-n4c5ccccc5c5cc(-c6nc(-c7ccccc7)nc(-c7ccccc7)n6)ccc54)nc(-c4ccc(-c5cccc(C#N)c5)cc4-n4c5ccccc5c5cc(-c6nc(-c7ccccc7)nc(-c7ccccc7)n6)ccc54)n3)c2)c1. The molecule has 0 spiro atoms. The molecule has 110 heavy (non-hydrogen) atoms. The summed E-state index contributed by atoms with van der Waals surface area (Å²) in [5.41, 5.74) is 19.0. The van der Waals surface area contributed by atoms with Gasteiger partial charge in [0.05, 0.1) is 63.3 Å². The van der Waals surface area contributed by atoms with E-state index in [9.17, 15) is 10.5 Å². The lowest BCUT2D eigenvalue weighted by Crippen LogP contribution is -2.06. The van der Waals surface area contributed by atoms with E-state index in [4.69, 9.17) is 51.4 Å². The molecule has 0 saturated carbocycles. The predicted molar refractivity (Wildman–Crippen MR) is 436 cm³/mol. The lowest BCUT2D eigenvalue weighted by atomic mass is 9.99. The maximum absolute atomic E-state index is 10.3. The van der Waals surface area contributed by atoms with E-state index in [1.54, 1.807) is 6.07 Å². The Balaban J connectivity index is 0.854. The van der Waals surface area contributed by atoms with Crippen LogP contribution in [0, 0.1) is 29.2 Å². The molecule has 0 bridgehead atoms. The highest BCUT2D eigenvalue weighted by atomic mass is 15.1. The van der Waals surface area contributed by atoms with Gasteiger partial charge in [-0.15, -0.1) is 0 Å². The molecule has 5 aromatic heterocycles. The number of hydrogen-bond donors (Lipinski definition) is 0. The second-order valence-corrected chi connectivity index (χ2v) is 26.6. The first-order valence-electron chi connectivity index (χ1n) is 35.8. The Morgan fingerprint density at radius 2 is 0.518 bits per heavy atom. The zero-order valence-electron chi connectivity index (χ0n) is 58.6. The van der Waals surface area contributed by atoms with E-state index >= 15 is 0 Å². The molecule has 510 valence electrons. The van der Waals surface area contributed by atoms with Gasteiger partial charge >= 0.3 is 0 Å². The molecule has 0 radical (unpaired) electrons. The van der Waals surface area contributed by atoms with E-state index in [-0.39, 0.29) is 0 Å². The average molecular weight is 1410 g/mol. The van der Waals surface area contributed by atoms with Crippen molar-refractivity contribution >= 4 is 49.3 Å². The number of fused-ring (bicyclic) bond motifs is 6. The third kappa shape index (κ3) is 12.1. The number of para-hydroxylation sites is 2. The first kappa shape index (κ1) is 65.0. The van der Waals surface area contributed by atoms with Gasteiger partial charge in [-0.2, -0.15) is 10.5 Å². The van der Waals surface area contributed by atoms with Gasteiger partial charge in [-0.1, -0.05) is 231 Å². The first-order valence-corrected chi connectivity index (χ1v) is 35.8. The molecule has 0 fully saturated rings. The van der Waals surface area contributed by atoms with Crippen LogP contribution < -0.4 is 0 Å². The van der Waals surface area contributed by atoms with Crippen LogP contribution in [-0.2, 0) is 0 Å². The summed E-state index contributed by atoms with van der Waals surface area (Å²) in [5.74, 6) is 4.41. The molecule has 5 heterocycles. The molecule has 19 aromatic rings. The fraction of sp³-hybridized carbons (Fsp3) is 0. The summed E-state index contributed by atoms with van der Waals surface area (Å²) in [6, 6.07) is 118. The molecule has 0 unspecified atom stereocenters. The smallest absolute Gasteiger partial charge is 0.187 e. The van der Waals surface area contributed by atoms with E-state index in [0.717, 1.165) is 122 Å². The number of nitriles is 2. The van der Waals surface area contributed by atoms with E-state index in [0.29, 0.717) is 85.9 Å². The normalized spacial score (nSPS) is 11.2. The highest BCUT2D eigenvalue weighted by Gasteiger charge is 2.26. The number of nitrogens with zero attached hydrogens (tertiary/aromatic N) is 14. The van der Waals surface area contributed by atoms with Crippen LogP contribution >= 0.6 is 0 Å². The summed E-state index contributed by atoms with van der Waals surface area (Å²) in [4.78, 5) is 51.5. The van der Waals surface area contributed by atoms with E-state index < -0.39 is 0 Å². The summed E-state index contributed by atoms with van der Waals surface area (Å²) in [6.45, 7) is 7.95. The van der Waals surface area contributed by atoms with Gasteiger partial charge in [0.25, 0.3) is 0 Å². The maximum atomic E-state index is 10.3. The summed E-state index contributed by atoms with van der Waals surface area (Å²) >= 11 is 0. The van der Waals surface area contributed by atoms with Crippen molar-refractivity contribution in [1.29, 1.82) is 10.5 Å². The monoisotopic (exact) mass is 1400 g/mol. The van der Waals surface area contributed by atoms with Crippen molar-refractivity contribution in [3.05, 3.63) is 362 Å². The van der Waals surface area contributed by atoms with E-state index in [1.807, 2.05) is 206 Å². The fourth-order valence-electron chi connectivity index (χ4n) is 14.7. The summed E-state index contributed by atoms with van der Waals surface area (Å²) in [7, 11) is 0. The largest absolute Gasteiger partial charge is 0.308 e. The Kier molecular flexibility index (Phi) is 16.3. The molecule has 0 N–H and O–H groups in total. The Bertz CT molecular complexity index is 6530. The molecule has 0 amide bonds. The predicted octanol–water partition coefficient (Wildman–Crippen LogP) is 22.7. The zero-order valence-corrected chi connectivity index (χ0v) is 58.6. The molecule has 14 heteroatoms. The molecule has 0 atom stereocenters. The van der Waals surface area contributed by atoms with Crippen LogP contribution in [0.3, 0.4) is 0 Å². The van der Waals surface area contributed by atoms with Crippen molar-refractivity contribution in [1.82, 2.24) is 54.0 Å². The van der Waals surface area contributed by atoms with E-state index in [2.05, 4.69) is 154 Å². The molecule has 0 aliphatic heterocycles. The molecule has 19 rings (SSSR count). The van der Waals surface area contributed by atoms with Crippen molar-refractivity contribution < 1.29 is 0 Å². The second kappa shape index (κ2) is 27.7. The molecule has 0 aliphatic rings. The zero-order chi connectivity index (χ0) is 73.6. The van der Waals surface area contributed by atoms with Crippen molar-refractivity contribution in [2.45, 2.75) is 0 Å². The molecule has 14 aromatic carbocycles. The van der Waals surface area contributed by atoms with Crippen LogP contribution in [0.25, 0.3) is 196 Å². The maximum Gasteiger partial charge on any atom is 0.187 e. The number of hydrogen-bond acceptors (Lipinski definition) is 11. The Morgan fingerprint density at radius 1 is 0.227 bits per heavy atom. The molecule has 14 nitrogen and oxygen atoms in total. The second-order valence-electron chi connectivity index (χ2n) is 26.6. The molecular weight excluding hydrogens is 1350 g/mol. The molecular formula is C96H56N14. The average Bonchev–Trinajstić information content (AvgIpc) is 1.56. The van der Waals surface area contributed by atoms with Gasteiger partial charge < -0.3 is 9.13 Å². The minimum Gasteiger partial charge on any atom is -0.308 e. The first-order chi connectivity index (χ1) is 54.3. The summed E-state index contributed by atoms with van der Waals surface area (Å²) in [6.07, 6.45) is 0. The standard InChI is InChI=1S/C96H56N14/c1-99-75-37-21-35-69(53-75)68-34-20-36-72(52-68)92-106-95(78-46-42-70(66-32-18-22-60(50-66)58-97)56-86(78)109-82-40-16-14-38-76(82)80-54-73(44-48-84(80)109)93-102-88(62-24-6-2-7-25-62)100-89(103-93)63-26-8-3-9-27-63)108-96(107-92)79-47-43-71(67-33-19-23-61(51-67)59-98)57-87(79)110-83-41-17-15-39-77(83)81-55-74(45-49-85(81)110)94-104-90(64-28-10-4-11-29-64)101-91(105-94)65-30-12-5-13-31-65/h2-57H. The summed E-state index contributed by atoms with van der Waals surface area (Å²) < 4.78 is 4.55. The number of aromatic nitrogens is 11. The van der Waals surface area contributed by atoms with Crippen molar-refractivity contribution in [3.63, 3.8) is 0 Å². The Hall–Kier alpha value is -15.8. The van der Waals surface area contributed by atoms with Crippen LogP contribution in [0.1, 0.15) is 11.1 Å². The van der Waals surface area contributed by atoms with Gasteiger partial charge in [-0.25, -0.2) is 49.7 Å². The third-order valence-corrected chi connectivity index (χ3v) is 19.9. The molecule has 0 saturated heterocycles. The van der Waals surface area contributed by atoms with Gasteiger partial charge in [-0.05, 0) is 143 Å². The topological polar surface area (TPSA) is 178 Å². The third-order valence-electron chi connectivity index (χ3n) is 19.9. The van der Waals surface area contributed by atoms with Crippen molar-refractivity contribution in [3.8, 4) is 159 Å². The quantitative estimate of drug-likeness (QED) is 0.0946. The Morgan fingerprint density at radius 3 is 0.927 bits per heavy atom. The van der Waals surface area contributed by atoms with Gasteiger partial charge in [0, 0.05) is 71.6 Å². The van der Waals surface area contributed by atoms with Gasteiger partial charge in [0.15, 0.2) is 58.1 Å². The van der Waals surface area contributed by atoms with Crippen LogP contribution in [0.15, 0.2) is 340 Å². The fourth-order valence-corrected chi connectivity index (χ4v) is 14.7. The van der Waals surface area contributed by atoms with Crippen LogP contribution in [-0.4, -0.2) is 54.0 Å². The number of benzene rings is 14. The van der Waals surface area contributed by atoms with Crippen LogP contribution in [0.4, 0.5) is 5.69 Å². The van der Waals surface area contributed by atoms with Crippen molar-refractivity contribution in [2.75, 3.05) is 0 Å². The van der Waals surface area contributed by atoms with Crippen LogP contribution in [0.5, 0.6) is 0 Å². The minimum atomic E-state index is 0.373.